The third kappa shape index (κ3) is 5.77. The van der Waals surface area contributed by atoms with Crippen molar-refractivity contribution in [1.29, 1.82) is 0 Å². The number of ether oxygens (including phenoxy) is 1. The first kappa shape index (κ1) is 19.8. The molecule has 0 aliphatic carbocycles. The van der Waals surface area contributed by atoms with Crippen molar-refractivity contribution >= 4 is 30.9 Å². The number of aliphatic carboxylic acids is 1. The number of carbonyl (C=O) groups is 2. The van der Waals surface area contributed by atoms with Gasteiger partial charge in [0.1, 0.15) is 12.6 Å². The molecule has 0 bridgehead atoms. The van der Waals surface area contributed by atoms with E-state index in [0.29, 0.717) is 0 Å². The summed E-state index contributed by atoms with van der Waals surface area (Å²) in [6, 6.07) is 17.5. The van der Waals surface area contributed by atoms with Gasteiger partial charge in [-0.1, -0.05) is 60.7 Å². The van der Waals surface area contributed by atoms with E-state index in [1.54, 1.807) is 0 Å². The maximum absolute atomic E-state index is 12.1. The Bertz CT molecular complexity index is 649. The number of hydrogen-bond acceptors (Lipinski definition) is 3. The van der Waals surface area contributed by atoms with Crippen LogP contribution in [0.25, 0.3) is 0 Å². The van der Waals surface area contributed by atoms with E-state index in [2.05, 4.69) is 0 Å². The predicted octanol–water partition coefficient (Wildman–Crippen LogP) is 2.30. The van der Waals surface area contributed by atoms with Crippen LogP contribution in [0.1, 0.15) is 11.1 Å². The molecule has 0 spiro atoms. The minimum absolute atomic E-state index is 0. The molecule has 0 heterocycles. The van der Waals surface area contributed by atoms with Gasteiger partial charge in [-0.05, 0) is 11.1 Å². The summed E-state index contributed by atoms with van der Waals surface area (Å²) in [7, 11) is 1.44. The second-order valence-corrected chi connectivity index (χ2v) is 5.19. The minimum atomic E-state index is -1.06. The van der Waals surface area contributed by atoms with Gasteiger partial charge in [-0.25, -0.2) is 9.59 Å². The molecule has 1 unspecified atom stereocenters. The van der Waals surface area contributed by atoms with Crippen LogP contribution in [0.4, 0.5) is 4.79 Å². The van der Waals surface area contributed by atoms with Crippen molar-refractivity contribution in [2.24, 2.45) is 0 Å². The predicted molar refractivity (Wildman–Crippen MR) is 93.1 cm³/mol. The number of rotatable bonds is 6. The molecule has 0 saturated heterocycles. The van der Waals surface area contributed by atoms with E-state index >= 15 is 0 Å². The Morgan fingerprint density at radius 1 is 1.00 bits per heavy atom. The topological polar surface area (TPSA) is 66.8 Å². The Morgan fingerprint density at radius 2 is 1.50 bits per heavy atom. The van der Waals surface area contributed by atoms with Crippen molar-refractivity contribution in [3.8, 4) is 0 Å². The zero-order valence-corrected chi connectivity index (χ0v) is 12.9. The van der Waals surface area contributed by atoms with E-state index in [-0.39, 0.29) is 31.9 Å². The molecule has 1 N–H and O–H groups in total. The fraction of sp³-hybridized carbons (Fsp3) is 0.222. The van der Waals surface area contributed by atoms with Gasteiger partial charge in [-0.2, -0.15) is 0 Å². The summed E-state index contributed by atoms with van der Waals surface area (Å²) in [6.45, 7) is 0.113. The fourth-order valence-electron chi connectivity index (χ4n) is 2.18. The monoisotopic (exact) mass is 321 g/mol. The molecule has 0 radical (unpaired) electrons. The van der Waals surface area contributed by atoms with Gasteiger partial charge in [-0.15, -0.1) is 0 Å². The normalized spacial score (nSPS) is 11.0. The zero-order valence-electron chi connectivity index (χ0n) is 12.9. The summed E-state index contributed by atoms with van der Waals surface area (Å²) in [5.74, 6) is -1.06. The van der Waals surface area contributed by atoms with Crippen molar-refractivity contribution in [2.75, 3.05) is 7.05 Å². The quantitative estimate of drug-likeness (QED) is 0.829. The molecule has 2 aromatic carbocycles. The van der Waals surface area contributed by atoms with Crippen molar-refractivity contribution in [2.45, 2.75) is 19.1 Å². The molecule has 2 rings (SSSR count). The average Bonchev–Trinajstić information content (AvgIpc) is 2.58. The molecular formula is C18H20LiNO4. The Hall–Kier alpha value is -2.22. The Balaban J connectivity index is 0.00000288. The number of amides is 1. The number of hydrogen-bond donors (Lipinski definition) is 1. The van der Waals surface area contributed by atoms with Gasteiger partial charge < -0.3 is 9.84 Å². The first-order valence-electron chi connectivity index (χ1n) is 7.28. The van der Waals surface area contributed by atoms with Gasteiger partial charge in [0.25, 0.3) is 0 Å². The summed E-state index contributed by atoms with van der Waals surface area (Å²) in [6.07, 6.45) is -0.426. The van der Waals surface area contributed by atoms with Gasteiger partial charge >= 0.3 is 30.9 Å². The molecule has 5 nitrogen and oxygen atoms in total. The first-order valence-corrected chi connectivity index (χ1v) is 7.28. The number of carboxylic acids is 1. The SMILES string of the molecule is CN(C(=O)OCc1ccccc1)C(Cc1ccccc1)C(=O)O.[LiH]. The fourth-order valence-corrected chi connectivity index (χ4v) is 2.18. The van der Waals surface area contributed by atoms with Gasteiger partial charge in [-0.3, -0.25) is 4.90 Å². The second kappa shape index (κ2) is 9.81. The molecule has 0 aliphatic heterocycles. The van der Waals surface area contributed by atoms with Crippen LogP contribution in [0.2, 0.25) is 0 Å². The number of carboxylic acid groups (broad SMARTS) is 1. The molecule has 122 valence electrons. The summed E-state index contributed by atoms with van der Waals surface area (Å²) < 4.78 is 5.18. The molecule has 0 fully saturated rings. The molecule has 0 saturated carbocycles. The number of likely N-dealkylation sites (N-methyl/N-ethyl adjacent to an activating group) is 1. The standard InChI is InChI=1S/C18H19NO4.Li.H/c1-19(18(22)23-13-15-10-6-3-7-11-15)16(17(20)21)12-14-8-4-2-5-9-14;;/h2-11,16H,12-13H2,1H3,(H,20,21);;. The summed E-state index contributed by atoms with van der Waals surface area (Å²) in [4.78, 5) is 24.7. The van der Waals surface area contributed by atoms with Crippen LogP contribution in [0.3, 0.4) is 0 Å². The Kier molecular flexibility index (Phi) is 8.11. The average molecular weight is 321 g/mol. The van der Waals surface area contributed by atoms with Gasteiger partial charge in [0.05, 0.1) is 0 Å². The molecule has 2 aromatic rings. The van der Waals surface area contributed by atoms with Crippen molar-refractivity contribution in [3.63, 3.8) is 0 Å². The maximum atomic E-state index is 12.1. The molecule has 0 aromatic heterocycles. The molecule has 0 aliphatic rings. The van der Waals surface area contributed by atoms with E-state index in [9.17, 15) is 14.7 Å². The van der Waals surface area contributed by atoms with Crippen LogP contribution >= 0.6 is 0 Å². The van der Waals surface area contributed by atoms with E-state index in [1.165, 1.54) is 7.05 Å². The van der Waals surface area contributed by atoms with Gasteiger partial charge in [0, 0.05) is 13.5 Å². The number of nitrogens with zero attached hydrogens (tertiary/aromatic N) is 1. The first-order chi connectivity index (χ1) is 11.1. The molecule has 24 heavy (non-hydrogen) atoms. The van der Waals surface area contributed by atoms with Crippen molar-refractivity contribution < 1.29 is 19.4 Å². The van der Waals surface area contributed by atoms with Crippen LogP contribution in [0.5, 0.6) is 0 Å². The summed E-state index contributed by atoms with van der Waals surface area (Å²) in [5.41, 5.74) is 1.70. The molecule has 1 atom stereocenters. The van der Waals surface area contributed by atoms with Gasteiger partial charge in [0.15, 0.2) is 0 Å². The van der Waals surface area contributed by atoms with Crippen LogP contribution in [0.15, 0.2) is 60.7 Å². The number of benzene rings is 2. The molecular weight excluding hydrogens is 301 g/mol. The van der Waals surface area contributed by atoms with Crippen LogP contribution in [0, 0.1) is 0 Å². The summed E-state index contributed by atoms with van der Waals surface area (Å²) >= 11 is 0. The summed E-state index contributed by atoms with van der Waals surface area (Å²) in [5, 5.41) is 9.39. The number of carbonyl (C=O) groups excluding carboxylic acids is 1. The van der Waals surface area contributed by atoms with E-state index < -0.39 is 18.1 Å². The second-order valence-electron chi connectivity index (χ2n) is 5.19. The Labute approximate surface area is 153 Å². The van der Waals surface area contributed by atoms with E-state index in [4.69, 9.17) is 4.74 Å². The Morgan fingerprint density at radius 3 is 2.00 bits per heavy atom. The van der Waals surface area contributed by atoms with E-state index in [1.807, 2.05) is 60.7 Å². The van der Waals surface area contributed by atoms with Crippen molar-refractivity contribution in [3.05, 3.63) is 71.8 Å². The zero-order chi connectivity index (χ0) is 16.7. The van der Waals surface area contributed by atoms with Crippen LogP contribution in [-0.2, 0) is 22.6 Å². The van der Waals surface area contributed by atoms with Crippen LogP contribution in [-0.4, -0.2) is 54.0 Å². The van der Waals surface area contributed by atoms with E-state index in [0.717, 1.165) is 16.0 Å². The van der Waals surface area contributed by atoms with Gasteiger partial charge in [0.2, 0.25) is 0 Å². The molecule has 6 heteroatoms. The third-order valence-corrected chi connectivity index (χ3v) is 3.52. The van der Waals surface area contributed by atoms with Crippen LogP contribution < -0.4 is 0 Å². The van der Waals surface area contributed by atoms with Crippen molar-refractivity contribution in [1.82, 2.24) is 4.90 Å². The molecule has 1 amide bonds. The third-order valence-electron chi connectivity index (χ3n) is 3.52.